The molecule has 0 amide bonds. The first kappa shape index (κ1) is 8.61. The second-order valence-electron chi connectivity index (χ2n) is 2.27. The van der Waals surface area contributed by atoms with Crippen molar-refractivity contribution < 1.29 is 0 Å². The van der Waals surface area contributed by atoms with Crippen LogP contribution in [0, 0.1) is 19.3 Å². The van der Waals surface area contributed by atoms with Crippen LogP contribution in [0.4, 0.5) is 0 Å². The van der Waals surface area contributed by atoms with Crippen molar-refractivity contribution in [3.05, 3.63) is 19.3 Å². The van der Waals surface area contributed by atoms with Crippen LogP contribution in [-0.2, 0) is 0 Å². The maximum Gasteiger partial charge on any atom is 0.217 e. The van der Waals surface area contributed by atoms with Crippen molar-refractivity contribution in [2.24, 2.45) is 0 Å². The third kappa shape index (κ3) is 7.61. The molecule has 0 aliphatic carbocycles. The molecule has 0 aromatic heterocycles. The Bertz CT molecular complexity index is 33.3. The third-order valence-corrected chi connectivity index (χ3v) is 1.30. The van der Waals surface area contributed by atoms with E-state index in [0.717, 1.165) is 0 Å². The molecule has 0 spiro atoms. The van der Waals surface area contributed by atoms with Gasteiger partial charge in [0.2, 0.25) is 6.42 Å². The SMILES string of the molecule is C[CH+]C[CH+]CCC[CH+]C. The molecule has 0 aliphatic rings. The smallest absolute Gasteiger partial charge is 0.0283 e. The molecule has 9 heavy (non-hydrogen) atoms. The highest BCUT2D eigenvalue weighted by molar-refractivity contribution is 4.72. The van der Waals surface area contributed by atoms with Crippen LogP contribution in [0.25, 0.3) is 0 Å². The Morgan fingerprint density at radius 2 is 1.78 bits per heavy atom. The highest BCUT2D eigenvalue weighted by Gasteiger charge is 2.02. The summed E-state index contributed by atoms with van der Waals surface area (Å²) >= 11 is 0. The molecule has 0 heterocycles. The Labute approximate surface area is 59.7 Å². The predicted molar refractivity (Wildman–Crippen MR) is 42.7 cm³/mol. The predicted octanol–water partition coefficient (Wildman–Crippen LogP) is 3.20. The molecule has 0 unspecified atom stereocenters. The second kappa shape index (κ2) is 7.61. The molecule has 0 N–H and O–H groups in total. The molecule has 0 aromatic rings. The van der Waals surface area contributed by atoms with E-state index in [4.69, 9.17) is 0 Å². The minimum Gasteiger partial charge on any atom is 0.0283 e. The van der Waals surface area contributed by atoms with E-state index in [-0.39, 0.29) is 0 Å². The van der Waals surface area contributed by atoms with Crippen LogP contribution in [0.15, 0.2) is 0 Å². The van der Waals surface area contributed by atoms with Crippen molar-refractivity contribution in [2.75, 3.05) is 0 Å². The van der Waals surface area contributed by atoms with E-state index in [0.29, 0.717) is 0 Å². The highest BCUT2D eigenvalue weighted by atomic mass is 13.9. The standard InChI is InChI=1S/C9H17/c1-3-5-7-9-8-6-4-2/h3-4,7H,5-6,8-9H2,1-2H3/q+3. The first-order chi connectivity index (χ1) is 4.41. The van der Waals surface area contributed by atoms with Gasteiger partial charge in [0.1, 0.15) is 12.8 Å². The molecule has 0 saturated heterocycles. The fourth-order valence-electron chi connectivity index (χ4n) is 0.751. The van der Waals surface area contributed by atoms with Crippen molar-refractivity contribution in [2.45, 2.75) is 39.5 Å². The van der Waals surface area contributed by atoms with Crippen LogP contribution < -0.4 is 0 Å². The average Bonchev–Trinajstić information content (AvgIpc) is 1.89. The van der Waals surface area contributed by atoms with Crippen molar-refractivity contribution in [3.63, 3.8) is 0 Å². The van der Waals surface area contributed by atoms with Gasteiger partial charge in [-0.1, -0.05) is 0 Å². The first-order valence-corrected chi connectivity index (χ1v) is 3.79. The summed E-state index contributed by atoms with van der Waals surface area (Å²) < 4.78 is 0. The van der Waals surface area contributed by atoms with Gasteiger partial charge in [-0.15, -0.1) is 0 Å². The zero-order valence-electron chi connectivity index (χ0n) is 6.56. The lowest BCUT2D eigenvalue weighted by atomic mass is 10.1. The molecule has 0 fully saturated rings. The Hall–Kier alpha value is -0.390. The Kier molecular flexibility index (Phi) is 7.28. The lowest BCUT2D eigenvalue weighted by Crippen LogP contribution is -1.78. The quantitative estimate of drug-likeness (QED) is 0.378. The summed E-state index contributed by atoms with van der Waals surface area (Å²) in [5, 5.41) is 0. The molecule has 0 aliphatic heterocycles. The van der Waals surface area contributed by atoms with Gasteiger partial charge in [-0.05, 0) is 0 Å². The highest BCUT2D eigenvalue weighted by Crippen LogP contribution is 2.03. The zero-order valence-corrected chi connectivity index (χ0v) is 6.56. The zero-order chi connectivity index (χ0) is 6.95. The summed E-state index contributed by atoms with van der Waals surface area (Å²) in [4.78, 5) is 0. The lowest BCUT2D eigenvalue weighted by Gasteiger charge is -1.80. The Morgan fingerprint density at radius 3 is 2.33 bits per heavy atom. The Balaban J connectivity index is 2.60. The summed E-state index contributed by atoms with van der Waals surface area (Å²) in [6, 6.07) is 0. The van der Waals surface area contributed by atoms with Crippen molar-refractivity contribution in [3.8, 4) is 0 Å². The largest absolute Gasteiger partial charge is 0.217 e. The molecule has 0 radical (unpaired) electrons. The van der Waals surface area contributed by atoms with E-state index in [1.54, 1.807) is 0 Å². The van der Waals surface area contributed by atoms with E-state index in [1.165, 1.54) is 25.7 Å². The van der Waals surface area contributed by atoms with Crippen LogP contribution in [0.2, 0.25) is 0 Å². The maximum absolute atomic E-state index is 2.34. The molecular weight excluding hydrogens is 108 g/mol. The normalized spacial score (nSPS) is 8.67. The summed E-state index contributed by atoms with van der Waals surface area (Å²) in [5.41, 5.74) is 0. The van der Waals surface area contributed by atoms with Crippen LogP contribution in [-0.4, -0.2) is 0 Å². The van der Waals surface area contributed by atoms with E-state index in [2.05, 4.69) is 33.1 Å². The van der Waals surface area contributed by atoms with Crippen molar-refractivity contribution in [1.29, 1.82) is 0 Å². The summed E-state index contributed by atoms with van der Waals surface area (Å²) in [6.45, 7) is 4.22. The average molecular weight is 125 g/mol. The van der Waals surface area contributed by atoms with E-state index >= 15 is 0 Å². The fraction of sp³-hybridized carbons (Fsp3) is 0.667. The fourth-order valence-corrected chi connectivity index (χ4v) is 0.751. The van der Waals surface area contributed by atoms with Gasteiger partial charge in [0.25, 0.3) is 0 Å². The Morgan fingerprint density at radius 1 is 1.00 bits per heavy atom. The van der Waals surface area contributed by atoms with Crippen molar-refractivity contribution >= 4 is 0 Å². The first-order valence-electron chi connectivity index (χ1n) is 3.79. The topological polar surface area (TPSA) is 0 Å². The molecule has 0 heteroatoms. The van der Waals surface area contributed by atoms with Gasteiger partial charge in [0.05, 0.1) is 33.1 Å². The van der Waals surface area contributed by atoms with Gasteiger partial charge in [-0.2, -0.15) is 0 Å². The molecule has 0 atom stereocenters. The lowest BCUT2D eigenvalue weighted by molar-refractivity contribution is 0.775. The molecule has 0 bridgehead atoms. The number of rotatable bonds is 6. The molecule has 0 rings (SSSR count). The molecule has 50 valence electrons. The summed E-state index contributed by atoms with van der Waals surface area (Å²) in [5.74, 6) is 0. The van der Waals surface area contributed by atoms with Crippen LogP contribution >= 0.6 is 0 Å². The van der Waals surface area contributed by atoms with Gasteiger partial charge >= 0.3 is 0 Å². The van der Waals surface area contributed by atoms with Crippen LogP contribution in [0.5, 0.6) is 0 Å². The van der Waals surface area contributed by atoms with E-state index < -0.39 is 0 Å². The van der Waals surface area contributed by atoms with Gasteiger partial charge < -0.3 is 0 Å². The van der Waals surface area contributed by atoms with E-state index in [1.807, 2.05) is 0 Å². The maximum atomic E-state index is 2.34. The minimum atomic E-state index is 1.17. The summed E-state index contributed by atoms with van der Waals surface area (Å²) in [7, 11) is 0. The van der Waals surface area contributed by atoms with Crippen LogP contribution in [0.1, 0.15) is 39.5 Å². The number of unbranched alkanes of at least 4 members (excludes halogenated alkanes) is 6. The summed E-state index contributed by atoms with van der Waals surface area (Å²) in [6.07, 6.45) is 11.8. The molecule has 0 aromatic carbocycles. The van der Waals surface area contributed by atoms with Gasteiger partial charge in [0, 0.05) is 6.42 Å². The molecule has 0 saturated carbocycles. The number of hydrogen-bond donors (Lipinski definition) is 0. The van der Waals surface area contributed by atoms with Crippen molar-refractivity contribution in [1.82, 2.24) is 0 Å². The monoisotopic (exact) mass is 125 g/mol. The molecular formula is C9H17+3. The van der Waals surface area contributed by atoms with Crippen LogP contribution in [0.3, 0.4) is 0 Å². The molecule has 0 nitrogen and oxygen atoms in total. The number of hydrogen-bond acceptors (Lipinski definition) is 0. The minimum absolute atomic E-state index is 1.17. The van der Waals surface area contributed by atoms with Gasteiger partial charge in [-0.3, -0.25) is 0 Å². The second-order valence-corrected chi connectivity index (χ2v) is 2.27. The van der Waals surface area contributed by atoms with Gasteiger partial charge in [0.15, 0.2) is 0 Å². The van der Waals surface area contributed by atoms with Gasteiger partial charge in [-0.25, -0.2) is 0 Å². The third-order valence-electron chi connectivity index (χ3n) is 1.30. The van der Waals surface area contributed by atoms with E-state index in [9.17, 15) is 0 Å².